The fourth-order valence-corrected chi connectivity index (χ4v) is 1.85. The molecule has 0 unspecified atom stereocenters. The molecule has 1 aromatic rings. The molecule has 0 saturated heterocycles. The average molecular weight is 236 g/mol. The maximum atomic E-state index is 11.6. The van der Waals surface area contributed by atoms with Crippen LogP contribution in [0, 0.1) is 18.8 Å². The fourth-order valence-electron chi connectivity index (χ4n) is 1.04. The predicted molar refractivity (Wildman–Crippen MR) is 67.7 cm³/mol. The summed E-state index contributed by atoms with van der Waals surface area (Å²) in [6.45, 7) is 3.10. The molecule has 0 radical (unpaired) electrons. The number of hydrogen-bond donors (Lipinski definition) is 1. The molecule has 1 heterocycles. The number of carbonyl (C=O) groups is 1. The Morgan fingerprint density at radius 3 is 2.81 bits per heavy atom. The van der Waals surface area contributed by atoms with E-state index in [-0.39, 0.29) is 5.91 Å². The number of hydrogen-bond acceptors (Lipinski definition) is 3. The second kappa shape index (κ2) is 6.31. The van der Waals surface area contributed by atoms with Crippen LogP contribution >= 0.6 is 11.3 Å². The molecule has 86 valence electrons. The maximum absolute atomic E-state index is 11.6. The molecule has 0 saturated carbocycles. The van der Waals surface area contributed by atoms with E-state index >= 15 is 0 Å². The summed E-state index contributed by atoms with van der Waals surface area (Å²) in [7, 11) is 3.92. The maximum Gasteiger partial charge on any atom is 0.262 e. The van der Waals surface area contributed by atoms with Gasteiger partial charge in [0, 0.05) is 0 Å². The van der Waals surface area contributed by atoms with Crippen molar-refractivity contribution in [1.29, 1.82) is 0 Å². The lowest BCUT2D eigenvalue weighted by atomic mass is 10.3. The summed E-state index contributed by atoms with van der Waals surface area (Å²) < 4.78 is 0. The first-order valence-corrected chi connectivity index (χ1v) is 5.91. The van der Waals surface area contributed by atoms with Gasteiger partial charge in [-0.2, -0.15) is 0 Å². The molecule has 1 amide bonds. The summed E-state index contributed by atoms with van der Waals surface area (Å²) in [5.41, 5.74) is 1.12. The van der Waals surface area contributed by atoms with Crippen molar-refractivity contribution < 1.29 is 4.79 Å². The lowest BCUT2D eigenvalue weighted by molar-refractivity contribution is 0.0962. The van der Waals surface area contributed by atoms with Crippen LogP contribution in [-0.4, -0.2) is 38.0 Å². The smallest absolute Gasteiger partial charge is 0.262 e. The number of carbonyl (C=O) groups excluding carboxylic acids is 1. The zero-order chi connectivity index (χ0) is 12.0. The van der Waals surface area contributed by atoms with E-state index in [0.717, 1.165) is 10.4 Å². The quantitative estimate of drug-likeness (QED) is 0.804. The van der Waals surface area contributed by atoms with Crippen molar-refractivity contribution in [1.82, 2.24) is 10.2 Å². The lowest BCUT2D eigenvalue weighted by Gasteiger charge is -2.01. The first-order chi connectivity index (χ1) is 7.59. The summed E-state index contributed by atoms with van der Waals surface area (Å²) in [6, 6.07) is 1.88. The number of nitrogens with one attached hydrogen (secondary N) is 1. The molecule has 16 heavy (non-hydrogen) atoms. The monoisotopic (exact) mass is 236 g/mol. The van der Waals surface area contributed by atoms with Gasteiger partial charge in [-0.05, 0) is 38.0 Å². The molecule has 0 fully saturated rings. The Bertz CT molecular complexity index is 412. The van der Waals surface area contributed by atoms with Crippen LogP contribution < -0.4 is 5.32 Å². The number of rotatable bonds is 3. The molecule has 1 N–H and O–H groups in total. The van der Waals surface area contributed by atoms with E-state index in [2.05, 4.69) is 17.2 Å². The Balaban J connectivity index is 2.33. The van der Waals surface area contributed by atoms with Gasteiger partial charge < -0.3 is 5.32 Å². The van der Waals surface area contributed by atoms with Crippen molar-refractivity contribution in [3.05, 3.63) is 21.9 Å². The van der Waals surface area contributed by atoms with E-state index in [1.54, 1.807) is 0 Å². The molecule has 4 heteroatoms. The standard InChI is InChI=1S/C12H16N2OS/c1-10-8-11(16-9-10)12(15)13-6-4-5-7-14(2)3/h8-9H,6-7H2,1-3H3,(H,13,15). The minimum Gasteiger partial charge on any atom is -0.340 e. The highest BCUT2D eigenvalue weighted by Gasteiger charge is 2.05. The molecule has 0 aliphatic carbocycles. The van der Waals surface area contributed by atoms with E-state index in [9.17, 15) is 4.79 Å². The first kappa shape index (κ1) is 12.8. The molecular weight excluding hydrogens is 220 g/mol. The van der Waals surface area contributed by atoms with Crippen LogP contribution in [0.1, 0.15) is 15.2 Å². The van der Waals surface area contributed by atoms with Gasteiger partial charge in [0.15, 0.2) is 0 Å². The second-order valence-electron chi connectivity index (χ2n) is 3.76. The van der Waals surface area contributed by atoms with Gasteiger partial charge in [0.25, 0.3) is 5.91 Å². The van der Waals surface area contributed by atoms with Gasteiger partial charge in [-0.3, -0.25) is 9.69 Å². The third-order valence-corrected chi connectivity index (χ3v) is 2.86. The Morgan fingerprint density at radius 2 is 2.25 bits per heavy atom. The van der Waals surface area contributed by atoms with Crippen LogP contribution in [0.5, 0.6) is 0 Å². The molecule has 0 aromatic carbocycles. The van der Waals surface area contributed by atoms with E-state index in [1.807, 2.05) is 37.4 Å². The minimum absolute atomic E-state index is 0.0442. The zero-order valence-electron chi connectivity index (χ0n) is 9.83. The molecule has 0 aliphatic heterocycles. The van der Waals surface area contributed by atoms with Gasteiger partial charge in [-0.25, -0.2) is 0 Å². The minimum atomic E-state index is -0.0442. The van der Waals surface area contributed by atoms with Crippen LogP contribution in [-0.2, 0) is 0 Å². The van der Waals surface area contributed by atoms with Gasteiger partial charge in [0.05, 0.1) is 18.0 Å². The first-order valence-electron chi connectivity index (χ1n) is 5.03. The zero-order valence-corrected chi connectivity index (χ0v) is 10.6. The molecule has 0 atom stereocenters. The van der Waals surface area contributed by atoms with Gasteiger partial charge in [0.1, 0.15) is 0 Å². The average Bonchev–Trinajstić information content (AvgIpc) is 2.63. The summed E-state index contributed by atoms with van der Waals surface area (Å²) in [5.74, 6) is 5.82. The molecule has 0 aliphatic rings. The van der Waals surface area contributed by atoms with E-state index in [1.165, 1.54) is 11.3 Å². The summed E-state index contributed by atoms with van der Waals surface area (Å²) >= 11 is 1.46. The third-order valence-electron chi connectivity index (χ3n) is 1.81. The molecule has 0 spiro atoms. The fraction of sp³-hybridized carbons (Fsp3) is 0.417. The number of amides is 1. The topological polar surface area (TPSA) is 32.3 Å². The molecule has 3 nitrogen and oxygen atoms in total. The van der Waals surface area contributed by atoms with Gasteiger partial charge in [-0.1, -0.05) is 11.8 Å². The van der Waals surface area contributed by atoms with E-state index in [4.69, 9.17) is 0 Å². The lowest BCUT2D eigenvalue weighted by Crippen LogP contribution is -2.22. The van der Waals surface area contributed by atoms with Gasteiger partial charge >= 0.3 is 0 Å². The number of nitrogens with zero attached hydrogens (tertiary/aromatic N) is 1. The van der Waals surface area contributed by atoms with Gasteiger partial charge in [0.2, 0.25) is 0 Å². The number of aryl methyl sites for hydroxylation is 1. The van der Waals surface area contributed by atoms with Crippen LogP contribution in [0.3, 0.4) is 0 Å². The van der Waals surface area contributed by atoms with Crippen molar-refractivity contribution in [2.45, 2.75) is 6.92 Å². The summed E-state index contributed by atoms with van der Waals surface area (Å²) in [5, 5.41) is 4.73. The van der Waals surface area contributed by atoms with E-state index < -0.39 is 0 Å². The number of thiophene rings is 1. The Kier molecular flexibility index (Phi) is 5.03. The normalized spacial score (nSPS) is 9.75. The highest BCUT2D eigenvalue weighted by atomic mass is 32.1. The van der Waals surface area contributed by atoms with Crippen molar-refractivity contribution in [2.24, 2.45) is 0 Å². The van der Waals surface area contributed by atoms with Crippen molar-refractivity contribution in [2.75, 3.05) is 27.2 Å². The van der Waals surface area contributed by atoms with Crippen molar-refractivity contribution in [3.63, 3.8) is 0 Å². The summed E-state index contributed by atoms with van der Waals surface area (Å²) in [4.78, 5) is 14.3. The van der Waals surface area contributed by atoms with Crippen molar-refractivity contribution in [3.8, 4) is 11.8 Å². The van der Waals surface area contributed by atoms with Crippen LogP contribution in [0.4, 0.5) is 0 Å². The molecule has 0 bridgehead atoms. The van der Waals surface area contributed by atoms with Crippen LogP contribution in [0.2, 0.25) is 0 Å². The van der Waals surface area contributed by atoms with Gasteiger partial charge in [-0.15, -0.1) is 11.3 Å². The molecule has 1 rings (SSSR count). The second-order valence-corrected chi connectivity index (χ2v) is 4.67. The van der Waals surface area contributed by atoms with Crippen LogP contribution in [0.15, 0.2) is 11.4 Å². The Hall–Kier alpha value is -1.31. The summed E-state index contributed by atoms with van der Waals surface area (Å²) in [6.07, 6.45) is 0. The third kappa shape index (κ3) is 4.47. The van der Waals surface area contributed by atoms with Crippen LogP contribution in [0.25, 0.3) is 0 Å². The highest BCUT2D eigenvalue weighted by molar-refractivity contribution is 7.12. The largest absolute Gasteiger partial charge is 0.340 e. The Morgan fingerprint density at radius 1 is 1.50 bits per heavy atom. The van der Waals surface area contributed by atoms with Crippen molar-refractivity contribution >= 4 is 17.2 Å². The highest BCUT2D eigenvalue weighted by Crippen LogP contribution is 2.12. The Labute approximate surface area is 100 Å². The molecular formula is C12H16N2OS. The molecule has 1 aromatic heterocycles. The SMILES string of the molecule is Cc1csc(C(=O)NCC#CCN(C)C)c1. The predicted octanol–water partition coefficient (Wildman–Crippen LogP) is 1.35. The van der Waals surface area contributed by atoms with E-state index in [0.29, 0.717) is 13.1 Å².